The van der Waals surface area contributed by atoms with Gasteiger partial charge in [0, 0.05) is 12.1 Å². The number of halogens is 3. The zero-order valence-corrected chi connectivity index (χ0v) is 9.85. The number of alkyl halides is 3. The third-order valence-corrected chi connectivity index (χ3v) is 3.74. The van der Waals surface area contributed by atoms with Crippen LogP contribution in [0, 0.1) is 0 Å². The third-order valence-electron chi connectivity index (χ3n) is 2.61. The summed E-state index contributed by atoms with van der Waals surface area (Å²) in [6, 6.07) is 11.1. The molecule has 3 rings (SSSR count). The molecule has 1 heterocycles. The summed E-state index contributed by atoms with van der Waals surface area (Å²) in [5.41, 5.74) is 0.438. The molecule has 1 aromatic heterocycles. The van der Waals surface area contributed by atoms with Gasteiger partial charge < -0.3 is 0 Å². The molecular formula is C13H7F3NS+. The van der Waals surface area contributed by atoms with Gasteiger partial charge in [0.1, 0.15) is 11.0 Å². The summed E-state index contributed by atoms with van der Waals surface area (Å²) in [6.07, 6.45) is -4.33. The Labute approximate surface area is 105 Å². The highest BCUT2D eigenvalue weighted by atomic mass is 32.1. The number of hydrogen-bond acceptors (Lipinski definition) is 1. The SMILES string of the molecule is FC(F)(F)c1ccc2[s+]c3ccccc3nc2c1. The summed E-state index contributed by atoms with van der Waals surface area (Å²) in [5, 5.41) is 0. The fraction of sp³-hybridized carbons (Fsp3) is 0.0769. The van der Waals surface area contributed by atoms with Crippen molar-refractivity contribution in [2.45, 2.75) is 6.18 Å². The quantitative estimate of drug-likeness (QED) is 0.422. The molecule has 0 spiro atoms. The summed E-state index contributed by atoms with van der Waals surface area (Å²) in [4.78, 5) is 4.26. The summed E-state index contributed by atoms with van der Waals surface area (Å²) < 4.78 is 39.5. The molecule has 2 aromatic carbocycles. The first kappa shape index (κ1) is 11.3. The fourth-order valence-corrected chi connectivity index (χ4v) is 2.70. The van der Waals surface area contributed by atoms with Crippen LogP contribution in [0.4, 0.5) is 13.2 Å². The van der Waals surface area contributed by atoms with Crippen molar-refractivity contribution in [2.24, 2.45) is 0 Å². The molecule has 90 valence electrons. The van der Waals surface area contributed by atoms with Gasteiger partial charge in [0.05, 0.1) is 5.56 Å². The zero-order valence-electron chi connectivity index (χ0n) is 9.03. The number of benzene rings is 2. The summed E-state index contributed by atoms with van der Waals surface area (Å²) in [5.74, 6) is 0. The molecule has 0 aliphatic heterocycles. The van der Waals surface area contributed by atoms with E-state index >= 15 is 0 Å². The minimum Gasteiger partial charge on any atom is -0.237 e. The van der Waals surface area contributed by atoms with Gasteiger partial charge in [-0.25, -0.2) is 4.98 Å². The highest BCUT2D eigenvalue weighted by Crippen LogP contribution is 2.33. The van der Waals surface area contributed by atoms with Gasteiger partial charge in [0.25, 0.3) is 9.40 Å². The van der Waals surface area contributed by atoms with Crippen LogP contribution in [0.15, 0.2) is 42.5 Å². The van der Waals surface area contributed by atoms with E-state index in [-0.39, 0.29) is 0 Å². The molecule has 0 bridgehead atoms. The molecule has 0 amide bonds. The molecule has 0 aliphatic carbocycles. The van der Waals surface area contributed by atoms with Gasteiger partial charge in [-0.1, -0.05) is 12.1 Å². The second-order valence-corrected chi connectivity index (χ2v) is 4.95. The van der Waals surface area contributed by atoms with Gasteiger partial charge >= 0.3 is 6.18 Å². The van der Waals surface area contributed by atoms with E-state index in [4.69, 9.17) is 0 Å². The third kappa shape index (κ3) is 1.90. The maximum Gasteiger partial charge on any atom is 0.416 e. The van der Waals surface area contributed by atoms with Crippen molar-refractivity contribution in [1.82, 2.24) is 4.98 Å². The number of para-hydroxylation sites is 1. The van der Waals surface area contributed by atoms with Crippen molar-refractivity contribution in [3.05, 3.63) is 48.0 Å². The first-order valence-corrected chi connectivity index (χ1v) is 6.05. The summed E-state index contributed by atoms with van der Waals surface area (Å²) >= 11 is 1.44. The van der Waals surface area contributed by atoms with Crippen molar-refractivity contribution in [3.8, 4) is 0 Å². The molecule has 0 saturated carbocycles. The van der Waals surface area contributed by atoms with Crippen molar-refractivity contribution >= 4 is 31.8 Å². The van der Waals surface area contributed by atoms with Crippen LogP contribution >= 0.6 is 11.3 Å². The molecule has 0 fully saturated rings. The van der Waals surface area contributed by atoms with Crippen molar-refractivity contribution in [2.75, 3.05) is 0 Å². The molecule has 0 unspecified atom stereocenters. The average Bonchev–Trinajstić information content (AvgIpc) is 2.34. The number of hydrogen-bond donors (Lipinski definition) is 0. The van der Waals surface area contributed by atoms with E-state index in [0.29, 0.717) is 11.0 Å². The molecule has 0 saturated heterocycles. The van der Waals surface area contributed by atoms with Crippen LogP contribution in [0.25, 0.3) is 20.4 Å². The van der Waals surface area contributed by atoms with Crippen LogP contribution in [-0.4, -0.2) is 4.98 Å². The molecule has 1 nitrogen and oxygen atoms in total. The second kappa shape index (κ2) is 3.88. The summed E-state index contributed by atoms with van der Waals surface area (Å²) in [6.45, 7) is 0. The Hall–Kier alpha value is -1.75. The number of fused-ring (bicyclic) bond motifs is 2. The molecular weight excluding hydrogens is 259 g/mol. The van der Waals surface area contributed by atoms with E-state index in [0.717, 1.165) is 21.5 Å². The predicted octanol–water partition coefficient (Wildman–Crippen LogP) is 4.75. The van der Waals surface area contributed by atoms with Crippen LogP contribution in [0.2, 0.25) is 0 Å². The summed E-state index contributed by atoms with van der Waals surface area (Å²) in [7, 11) is 0. The highest BCUT2D eigenvalue weighted by Gasteiger charge is 2.31. The smallest absolute Gasteiger partial charge is 0.237 e. The van der Waals surface area contributed by atoms with Gasteiger partial charge in [0.15, 0.2) is 0 Å². The number of rotatable bonds is 0. The van der Waals surface area contributed by atoms with Gasteiger partial charge in [-0.2, -0.15) is 13.2 Å². The van der Waals surface area contributed by atoms with Crippen LogP contribution in [0.1, 0.15) is 5.56 Å². The fourth-order valence-electron chi connectivity index (χ4n) is 1.75. The Bertz CT molecular complexity index is 737. The highest BCUT2D eigenvalue weighted by molar-refractivity contribution is 7.24. The lowest BCUT2D eigenvalue weighted by molar-refractivity contribution is -0.137. The molecule has 0 radical (unpaired) electrons. The maximum absolute atomic E-state index is 12.6. The zero-order chi connectivity index (χ0) is 12.8. The van der Waals surface area contributed by atoms with E-state index in [1.165, 1.54) is 17.4 Å². The predicted molar refractivity (Wildman–Crippen MR) is 66.5 cm³/mol. The first-order valence-electron chi connectivity index (χ1n) is 5.24. The van der Waals surface area contributed by atoms with Gasteiger partial charge in [-0.05, 0) is 18.2 Å². The van der Waals surface area contributed by atoms with Gasteiger partial charge in [-0.15, -0.1) is 0 Å². The molecule has 0 aliphatic rings. The molecule has 0 atom stereocenters. The normalized spacial score (nSPS) is 12.2. The number of aromatic nitrogens is 1. The Morgan fingerprint density at radius 3 is 2.39 bits per heavy atom. The lowest BCUT2D eigenvalue weighted by Crippen LogP contribution is -2.04. The van der Waals surface area contributed by atoms with Gasteiger partial charge in [-0.3, -0.25) is 0 Å². The minimum atomic E-state index is -4.33. The Morgan fingerprint density at radius 2 is 1.61 bits per heavy atom. The first-order chi connectivity index (χ1) is 8.54. The number of nitrogens with zero attached hydrogens (tertiary/aromatic N) is 1. The van der Waals surface area contributed by atoms with Crippen LogP contribution in [-0.2, 0) is 6.18 Å². The molecule has 3 aromatic rings. The van der Waals surface area contributed by atoms with E-state index < -0.39 is 11.7 Å². The lowest BCUT2D eigenvalue weighted by atomic mass is 10.2. The van der Waals surface area contributed by atoms with Crippen molar-refractivity contribution in [3.63, 3.8) is 0 Å². The monoisotopic (exact) mass is 266 g/mol. The Kier molecular flexibility index (Phi) is 2.45. The maximum atomic E-state index is 12.6. The van der Waals surface area contributed by atoms with Crippen molar-refractivity contribution < 1.29 is 13.2 Å². The topological polar surface area (TPSA) is 12.9 Å². The van der Waals surface area contributed by atoms with E-state index in [1.807, 2.05) is 18.2 Å². The van der Waals surface area contributed by atoms with Crippen LogP contribution in [0.3, 0.4) is 0 Å². The standard InChI is InChI=1S/C13H7F3NS/c14-13(15,16)8-5-6-12-10(7-8)17-9-3-1-2-4-11(9)18-12/h1-7H/q+1. The largest absolute Gasteiger partial charge is 0.416 e. The van der Waals surface area contributed by atoms with Gasteiger partial charge in [0.2, 0.25) is 11.3 Å². The van der Waals surface area contributed by atoms with Crippen LogP contribution in [0.5, 0.6) is 0 Å². The minimum absolute atomic E-state index is 0.383. The Balaban J connectivity index is 2.31. The second-order valence-electron chi connectivity index (χ2n) is 3.86. The van der Waals surface area contributed by atoms with Crippen LogP contribution < -0.4 is 0 Å². The van der Waals surface area contributed by atoms with E-state index in [1.54, 1.807) is 6.07 Å². The molecule has 0 N–H and O–H groups in total. The van der Waals surface area contributed by atoms with Crippen molar-refractivity contribution in [1.29, 1.82) is 0 Å². The van der Waals surface area contributed by atoms with E-state index in [2.05, 4.69) is 4.98 Å². The Morgan fingerprint density at radius 1 is 0.889 bits per heavy atom. The molecule has 5 heteroatoms. The molecule has 18 heavy (non-hydrogen) atoms. The lowest BCUT2D eigenvalue weighted by Gasteiger charge is -2.05. The van der Waals surface area contributed by atoms with E-state index in [9.17, 15) is 13.2 Å². The average molecular weight is 266 g/mol.